The summed E-state index contributed by atoms with van der Waals surface area (Å²) in [4.78, 5) is 25.3. The zero-order valence-corrected chi connectivity index (χ0v) is 13.1. The summed E-state index contributed by atoms with van der Waals surface area (Å²) < 4.78 is 1.99. The third kappa shape index (κ3) is 2.01. The van der Waals surface area contributed by atoms with Crippen LogP contribution in [0, 0.1) is 0 Å². The smallest absolute Gasteiger partial charge is 0.255 e. The van der Waals surface area contributed by atoms with Crippen LogP contribution in [0.15, 0.2) is 54.7 Å². The Morgan fingerprint density at radius 3 is 2.58 bits per heavy atom. The number of carbonyl (C=O) groups is 2. The molecule has 24 heavy (non-hydrogen) atoms. The van der Waals surface area contributed by atoms with Gasteiger partial charge in [0.25, 0.3) is 5.91 Å². The highest BCUT2D eigenvalue weighted by atomic mass is 16.4. The largest absolute Gasteiger partial charge is 0.548 e. The molecule has 0 unspecified atom stereocenters. The lowest BCUT2D eigenvalue weighted by atomic mass is 9.97. The van der Waals surface area contributed by atoms with E-state index in [-0.39, 0.29) is 5.91 Å². The second-order valence-electron chi connectivity index (χ2n) is 6.01. The Labute approximate surface area is 138 Å². The molecule has 2 aromatic carbocycles. The van der Waals surface area contributed by atoms with E-state index in [0.29, 0.717) is 5.56 Å². The molecule has 0 spiro atoms. The van der Waals surface area contributed by atoms with Crippen molar-refractivity contribution in [1.29, 1.82) is 0 Å². The summed E-state index contributed by atoms with van der Waals surface area (Å²) in [5.41, 5.74) is 3.35. The normalized spacial score (nSPS) is 16.6. The standard InChI is InChI=1S/C19H16N2O3/c1-20-10-15(12-6-4-5-9-16(12)20)18-13-7-2-3-8-14(13)19(24)21(18)11-17(22)23/h2-10,18H,11H2,1H3,(H,22,23)/p-1/t18-/m0/s1. The molecule has 1 atom stereocenters. The van der Waals surface area contributed by atoms with Gasteiger partial charge in [0.05, 0.1) is 18.6 Å². The average Bonchev–Trinajstić information content (AvgIpc) is 3.04. The molecule has 0 saturated heterocycles. The number of fused-ring (bicyclic) bond motifs is 2. The minimum Gasteiger partial charge on any atom is -0.548 e. The van der Waals surface area contributed by atoms with Crippen LogP contribution >= 0.6 is 0 Å². The lowest BCUT2D eigenvalue weighted by molar-refractivity contribution is -0.305. The van der Waals surface area contributed by atoms with Crippen molar-refractivity contribution in [3.05, 3.63) is 71.4 Å². The van der Waals surface area contributed by atoms with Gasteiger partial charge in [-0.25, -0.2) is 0 Å². The van der Waals surface area contributed by atoms with Crippen LogP contribution in [-0.4, -0.2) is 27.9 Å². The summed E-state index contributed by atoms with van der Waals surface area (Å²) in [5.74, 6) is -1.53. The predicted molar refractivity (Wildman–Crippen MR) is 87.2 cm³/mol. The summed E-state index contributed by atoms with van der Waals surface area (Å²) in [5, 5.41) is 12.2. The number of carbonyl (C=O) groups excluding carboxylic acids is 2. The number of aliphatic carboxylic acids is 1. The van der Waals surface area contributed by atoms with Crippen molar-refractivity contribution in [3.63, 3.8) is 0 Å². The maximum atomic E-state index is 12.7. The van der Waals surface area contributed by atoms with Crippen molar-refractivity contribution in [2.45, 2.75) is 6.04 Å². The van der Waals surface area contributed by atoms with E-state index in [2.05, 4.69) is 0 Å². The molecule has 1 aromatic heterocycles. The zero-order valence-electron chi connectivity index (χ0n) is 13.1. The monoisotopic (exact) mass is 319 g/mol. The summed E-state index contributed by atoms with van der Waals surface area (Å²) in [6.45, 7) is -0.429. The first-order chi connectivity index (χ1) is 11.6. The number of benzene rings is 2. The molecule has 3 aromatic rings. The van der Waals surface area contributed by atoms with E-state index >= 15 is 0 Å². The molecule has 0 bridgehead atoms. The van der Waals surface area contributed by atoms with Gasteiger partial charge in [0, 0.05) is 35.3 Å². The quantitative estimate of drug-likeness (QED) is 0.734. The number of carboxylic acid groups (broad SMARTS) is 1. The molecule has 4 rings (SSSR count). The van der Waals surface area contributed by atoms with Crippen LogP contribution in [0.25, 0.3) is 10.9 Å². The van der Waals surface area contributed by atoms with E-state index in [1.54, 1.807) is 12.1 Å². The molecular formula is C19H15N2O3-. The van der Waals surface area contributed by atoms with Gasteiger partial charge in [-0.2, -0.15) is 0 Å². The number of aryl methyl sites for hydroxylation is 1. The Morgan fingerprint density at radius 1 is 1.08 bits per heavy atom. The molecule has 0 fully saturated rings. The maximum Gasteiger partial charge on any atom is 0.255 e. The Hall–Kier alpha value is -3.08. The number of rotatable bonds is 3. The van der Waals surface area contributed by atoms with Gasteiger partial charge >= 0.3 is 0 Å². The molecule has 120 valence electrons. The van der Waals surface area contributed by atoms with Gasteiger partial charge in [0.2, 0.25) is 0 Å². The topological polar surface area (TPSA) is 65.4 Å². The first-order valence-electron chi connectivity index (χ1n) is 7.71. The minimum absolute atomic E-state index is 0.271. The number of carboxylic acids is 1. The van der Waals surface area contributed by atoms with E-state index in [0.717, 1.165) is 22.0 Å². The lowest BCUT2D eigenvalue weighted by Gasteiger charge is -2.25. The van der Waals surface area contributed by atoms with E-state index in [9.17, 15) is 14.7 Å². The van der Waals surface area contributed by atoms with Gasteiger partial charge in [-0.3, -0.25) is 4.79 Å². The second kappa shape index (κ2) is 5.23. The summed E-state index contributed by atoms with van der Waals surface area (Å²) in [6.07, 6.45) is 1.97. The average molecular weight is 319 g/mol. The third-order valence-corrected chi connectivity index (χ3v) is 4.58. The molecule has 1 aliphatic rings. The maximum absolute atomic E-state index is 12.7. The fraction of sp³-hybridized carbons (Fsp3) is 0.158. The Bertz CT molecular complexity index is 974. The van der Waals surface area contributed by atoms with Crippen LogP contribution in [0.5, 0.6) is 0 Å². The van der Waals surface area contributed by atoms with Crippen LogP contribution in [0.4, 0.5) is 0 Å². The van der Waals surface area contributed by atoms with Gasteiger partial charge in [-0.1, -0.05) is 36.4 Å². The third-order valence-electron chi connectivity index (χ3n) is 4.58. The highest BCUT2D eigenvalue weighted by Crippen LogP contribution is 2.41. The van der Waals surface area contributed by atoms with Crippen molar-refractivity contribution in [1.82, 2.24) is 9.47 Å². The van der Waals surface area contributed by atoms with Crippen LogP contribution in [0.2, 0.25) is 0 Å². The van der Waals surface area contributed by atoms with Crippen LogP contribution in [0.1, 0.15) is 27.5 Å². The molecule has 0 saturated carbocycles. The van der Waals surface area contributed by atoms with E-state index in [4.69, 9.17) is 0 Å². The van der Waals surface area contributed by atoms with Crippen molar-refractivity contribution >= 4 is 22.8 Å². The van der Waals surface area contributed by atoms with Gasteiger partial charge in [-0.05, 0) is 17.7 Å². The Morgan fingerprint density at radius 2 is 1.79 bits per heavy atom. The minimum atomic E-state index is -1.26. The summed E-state index contributed by atoms with van der Waals surface area (Å²) >= 11 is 0. The van der Waals surface area contributed by atoms with Crippen molar-refractivity contribution in [2.75, 3.05) is 6.54 Å². The van der Waals surface area contributed by atoms with Gasteiger partial charge in [-0.15, -0.1) is 0 Å². The Balaban J connectivity index is 1.96. The van der Waals surface area contributed by atoms with Gasteiger partial charge in [0.15, 0.2) is 0 Å². The highest BCUT2D eigenvalue weighted by Gasteiger charge is 2.38. The number of aromatic nitrogens is 1. The predicted octanol–water partition coefficient (Wildman–Crippen LogP) is 1.47. The van der Waals surface area contributed by atoms with Crippen molar-refractivity contribution in [2.24, 2.45) is 7.05 Å². The SMILES string of the molecule is Cn1cc([C@@H]2c3ccccc3C(=O)N2CC(=O)[O-])c2ccccc21. The first-order valence-corrected chi connectivity index (χ1v) is 7.71. The number of nitrogens with zero attached hydrogens (tertiary/aromatic N) is 2. The molecule has 1 amide bonds. The molecule has 0 radical (unpaired) electrons. The van der Waals surface area contributed by atoms with Crippen LogP contribution in [-0.2, 0) is 11.8 Å². The van der Waals surface area contributed by atoms with E-state index < -0.39 is 18.6 Å². The first kappa shape index (κ1) is 14.5. The van der Waals surface area contributed by atoms with E-state index in [1.807, 2.05) is 54.2 Å². The molecule has 0 N–H and O–H groups in total. The number of amides is 1. The molecule has 2 heterocycles. The van der Waals surface area contributed by atoms with E-state index in [1.165, 1.54) is 4.90 Å². The molecule has 0 aliphatic carbocycles. The van der Waals surface area contributed by atoms with Crippen molar-refractivity contribution < 1.29 is 14.7 Å². The van der Waals surface area contributed by atoms with Crippen LogP contribution in [0.3, 0.4) is 0 Å². The highest BCUT2D eigenvalue weighted by molar-refractivity contribution is 6.02. The fourth-order valence-electron chi connectivity index (χ4n) is 3.60. The molecule has 5 heteroatoms. The molecule has 5 nitrogen and oxygen atoms in total. The zero-order chi connectivity index (χ0) is 16.8. The fourth-order valence-corrected chi connectivity index (χ4v) is 3.60. The summed E-state index contributed by atoms with van der Waals surface area (Å²) in [6, 6.07) is 14.8. The Kier molecular flexibility index (Phi) is 3.16. The molecule has 1 aliphatic heterocycles. The van der Waals surface area contributed by atoms with Crippen molar-refractivity contribution in [3.8, 4) is 0 Å². The lowest BCUT2D eigenvalue weighted by Crippen LogP contribution is -2.40. The molecular weight excluding hydrogens is 304 g/mol. The van der Waals surface area contributed by atoms with Gasteiger partial charge in [0.1, 0.15) is 0 Å². The van der Waals surface area contributed by atoms with Gasteiger partial charge < -0.3 is 19.4 Å². The van der Waals surface area contributed by atoms with Crippen LogP contribution < -0.4 is 5.11 Å². The number of hydrogen-bond acceptors (Lipinski definition) is 3. The summed E-state index contributed by atoms with van der Waals surface area (Å²) in [7, 11) is 1.94. The number of hydrogen-bond donors (Lipinski definition) is 0. The number of para-hydroxylation sites is 1. The second-order valence-corrected chi connectivity index (χ2v) is 6.01.